The van der Waals surface area contributed by atoms with Gasteiger partial charge < -0.3 is 5.11 Å². The Morgan fingerprint density at radius 1 is 1.54 bits per heavy atom. The van der Waals surface area contributed by atoms with Crippen molar-refractivity contribution in [2.24, 2.45) is 5.92 Å². The van der Waals surface area contributed by atoms with Crippen LogP contribution in [0.1, 0.15) is 40.0 Å². The molecule has 0 fully saturated rings. The van der Waals surface area contributed by atoms with Gasteiger partial charge in [-0.2, -0.15) is 0 Å². The van der Waals surface area contributed by atoms with Crippen LogP contribution in [0.25, 0.3) is 0 Å². The van der Waals surface area contributed by atoms with Gasteiger partial charge in [-0.05, 0) is 31.3 Å². The summed E-state index contributed by atoms with van der Waals surface area (Å²) in [6, 6.07) is 0. The van der Waals surface area contributed by atoms with E-state index in [1.807, 2.05) is 0 Å². The molecule has 0 heterocycles. The predicted octanol–water partition coefficient (Wildman–Crippen LogP) is 2.32. The van der Waals surface area contributed by atoms with Gasteiger partial charge in [-0.25, -0.2) is 0 Å². The van der Waals surface area contributed by atoms with Crippen LogP contribution in [0.3, 0.4) is 0 Å². The summed E-state index contributed by atoms with van der Waals surface area (Å²) in [6.07, 6.45) is 4.81. The monoisotopic (exact) mass is 184 g/mol. The quantitative estimate of drug-likeness (QED) is 0.508. The van der Waals surface area contributed by atoms with E-state index >= 15 is 0 Å². The van der Waals surface area contributed by atoms with Crippen molar-refractivity contribution in [3.8, 4) is 0 Å². The third-order valence-electron chi connectivity index (χ3n) is 2.27. The van der Waals surface area contributed by atoms with Gasteiger partial charge in [-0.1, -0.05) is 26.3 Å². The zero-order valence-electron chi connectivity index (χ0n) is 8.79. The second kappa shape index (κ2) is 6.84. The molecule has 0 radical (unpaired) electrons. The molecule has 2 unspecified atom stereocenters. The minimum Gasteiger partial charge on any atom is -0.393 e. The molecule has 0 aromatic rings. The van der Waals surface area contributed by atoms with Crippen molar-refractivity contribution in [2.75, 3.05) is 0 Å². The van der Waals surface area contributed by atoms with Crippen LogP contribution in [0.5, 0.6) is 0 Å². The van der Waals surface area contributed by atoms with Gasteiger partial charge >= 0.3 is 0 Å². The molecule has 76 valence electrons. The maximum Gasteiger partial charge on any atom is 0.145 e. The Labute approximate surface area is 80.7 Å². The summed E-state index contributed by atoms with van der Waals surface area (Å²) in [4.78, 5) is 10.2. The van der Waals surface area contributed by atoms with Crippen molar-refractivity contribution in [3.63, 3.8) is 0 Å². The van der Waals surface area contributed by atoms with Crippen molar-refractivity contribution in [3.05, 3.63) is 11.6 Å². The highest BCUT2D eigenvalue weighted by Crippen LogP contribution is 2.12. The zero-order valence-corrected chi connectivity index (χ0v) is 8.79. The maximum atomic E-state index is 10.2. The molecule has 2 atom stereocenters. The minimum absolute atomic E-state index is 0.301. The number of allylic oxidation sites excluding steroid dienone is 1. The number of carbonyl (C=O) groups excluding carboxylic acids is 1. The van der Waals surface area contributed by atoms with Crippen LogP contribution in [0.4, 0.5) is 0 Å². The SMILES string of the molecule is CCC(C)CC(O)C/C=C(\C)C=O. The molecule has 0 saturated carbocycles. The first-order chi connectivity index (χ1) is 6.10. The molecule has 0 aromatic carbocycles. The first kappa shape index (κ1) is 12.4. The second-order valence-corrected chi connectivity index (χ2v) is 3.70. The van der Waals surface area contributed by atoms with Gasteiger partial charge in [0.05, 0.1) is 6.10 Å². The maximum absolute atomic E-state index is 10.2. The molecule has 0 amide bonds. The summed E-state index contributed by atoms with van der Waals surface area (Å²) in [5, 5.41) is 9.53. The summed E-state index contributed by atoms with van der Waals surface area (Å²) in [5.41, 5.74) is 0.697. The van der Waals surface area contributed by atoms with Gasteiger partial charge in [0, 0.05) is 0 Å². The molecule has 0 aliphatic rings. The van der Waals surface area contributed by atoms with E-state index in [0.717, 1.165) is 19.1 Å². The molecule has 0 bridgehead atoms. The normalized spacial score (nSPS) is 16.8. The van der Waals surface area contributed by atoms with Crippen LogP contribution in [-0.2, 0) is 4.79 Å². The average Bonchev–Trinajstić information content (AvgIpc) is 2.13. The molecule has 2 nitrogen and oxygen atoms in total. The first-order valence-electron chi connectivity index (χ1n) is 4.90. The largest absolute Gasteiger partial charge is 0.393 e. The first-order valence-corrected chi connectivity index (χ1v) is 4.90. The van der Waals surface area contributed by atoms with Crippen LogP contribution in [0.2, 0.25) is 0 Å². The number of aliphatic hydroxyl groups is 1. The van der Waals surface area contributed by atoms with E-state index in [4.69, 9.17) is 0 Å². The number of aliphatic hydroxyl groups excluding tert-OH is 1. The highest BCUT2D eigenvalue weighted by atomic mass is 16.3. The molecule has 0 aliphatic heterocycles. The van der Waals surface area contributed by atoms with Crippen molar-refractivity contribution >= 4 is 6.29 Å². The molecule has 0 rings (SSSR count). The van der Waals surface area contributed by atoms with Gasteiger partial charge in [0.2, 0.25) is 0 Å². The molecule has 0 aromatic heterocycles. The Balaban J connectivity index is 3.74. The smallest absolute Gasteiger partial charge is 0.145 e. The number of hydrogen-bond donors (Lipinski definition) is 1. The zero-order chi connectivity index (χ0) is 10.3. The fraction of sp³-hybridized carbons (Fsp3) is 0.727. The fourth-order valence-corrected chi connectivity index (χ4v) is 1.10. The lowest BCUT2D eigenvalue weighted by Crippen LogP contribution is -2.10. The lowest BCUT2D eigenvalue weighted by Gasteiger charge is -2.12. The molecular formula is C11H20O2. The molecule has 0 spiro atoms. The fourth-order valence-electron chi connectivity index (χ4n) is 1.10. The van der Waals surface area contributed by atoms with Crippen molar-refractivity contribution < 1.29 is 9.90 Å². The van der Waals surface area contributed by atoms with Gasteiger partial charge in [-0.15, -0.1) is 0 Å². The lowest BCUT2D eigenvalue weighted by atomic mass is 9.99. The van der Waals surface area contributed by atoms with Gasteiger partial charge in [0.1, 0.15) is 6.29 Å². The summed E-state index contributed by atoms with van der Waals surface area (Å²) >= 11 is 0. The number of hydrogen-bond acceptors (Lipinski definition) is 2. The Morgan fingerprint density at radius 2 is 2.15 bits per heavy atom. The van der Waals surface area contributed by atoms with Crippen molar-refractivity contribution in [1.29, 1.82) is 0 Å². The Bertz CT molecular complexity index is 173. The highest BCUT2D eigenvalue weighted by molar-refractivity contribution is 5.71. The van der Waals surface area contributed by atoms with Crippen molar-refractivity contribution in [1.82, 2.24) is 0 Å². The summed E-state index contributed by atoms with van der Waals surface area (Å²) in [5.74, 6) is 0.555. The van der Waals surface area contributed by atoms with E-state index in [9.17, 15) is 9.90 Å². The van der Waals surface area contributed by atoms with Crippen LogP contribution in [0.15, 0.2) is 11.6 Å². The third kappa shape index (κ3) is 6.52. The van der Waals surface area contributed by atoms with Crippen molar-refractivity contribution in [2.45, 2.75) is 46.1 Å². The highest BCUT2D eigenvalue weighted by Gasteiger charge is 2.07. The molecule has 0 saturated heterocycles. The summed E-state index contributed by atoms with van der Waals surface area (Å²) in [6.45, 7) is 5.99. The summed E-state index contributed by atoms with van der Waals surface area (Å²) in [7, 11) is 0. The topological polar surface area (TPSA) is 37.3 Å². The van der Waals surface area contributed by atoms with Gasteiger partial charge in [0.25, 0.3) is 0 Å². The van der Waals surface area contributed by atoms with E-state index in [0.29, 0.717) is 17.9 Å². The van der Waals surface area contributed by atoms with Crippen LogP contribution >= 0.6 is 0 Å². The van der Waals surface area contributed by atoms with E-state index in [1.165, 1.54) is 0 Å². The van der Waals surface area contributed by atoms with Gasteiger partial charge in [0.15, 0.2) is 0 Å². The second-order valence-electron chi connectivity index (χ2n) is 3.70. The van der Waals surface area contributed by atoms with Crippen LogP contribution < -0.4 is 0 Å². The van der Waals surface area contributed by atoms with E-state index < -0.39 is 0 Å². The number of carbonyl (C=O) groups is 1. The molecular weight excluding hydrogens is 164 g/mol. The Kier molecular flexibility index (Phi) is 6.51. The molecule has 13 heavy (non-hydrogen) atoms. The third-order valence-corrected chi connectivity index (χ3v) is 2.27. The molecule has 0 aliphatic carbocycles. The van der Waals surface area contributed by atoms with Crippen LogP contribution in [0, 0.1) is 5.92 Å². The van der Waals surface area contributed by atoms with E-state index in [1.54, 1.807) is 13.0 Å². The van der Waals surface area contributed by atoms with E-state index in [-0.39, 0.29) is 6.10 Å². The van der Waals surface area contributed by atoms with Crippen LogP contribution in [-0.4, -0.2) is 17.5 Å². The summed E-state index contributed by atoms with van der Waals surface area (Å²) < 4.78 is 0. The van der Waals surface area contributed by atoms with Gasteiger partial charge in [-0.3, -0.25) is 4.79 Å². The van der Waals surface area contributed by atoms with E-state index in [2.05, 4.69) is 13.8 Å². The molecule has 1 N–H and O–H groups in total. The lowest BCUT2D eigenvalue weighted by molar-refractivity contribution is -0.104. The number of rotatable bonds is 6. The minimum atomic E-state index is -0.301. The standard InChI is InChI=1S/C11H20O2/c1-4-9(2)7-11(13)6-5-10(3)8-12/h5,8-9,11,13H,4,6-7H2,1-3H3/b10-5+. The predicted molar refractivity (Wildman–Crippen MR) is 54.5 cm³/mol. The average molecular weight is 184 g/mol. The molecule has 2 heteroatoms. The Morgan fingerprint density at radius 3 is 2.62 bits per heavy atom. The number of aldehydes is 1. The Hall–Kier alpha value is -0.630.